The van der Waals surface area contributed by atoms with E-state index in [0.717, 1.165) is 23.0 Å². The molecule has 18 heavy (non-hydrogen) atoms. The van der Waals surface area contributed by atoms with Crippen LogP contribution in [0.5, 0.6) is 0 Å². The minimum absolute atomic E-state index is 0.491. The largest absolute Gasteiger partial charge is 0.383 e. The molecule has 5 heteroatoms. The predicted octanol–water partition coefficient (Wildman–Crippen LogP) is 3.45. The Labute approximate surface area is 117 Å². The van der Waals surface area contributed by atoms with E-state index in [1.54, 1.807) is 6.07 Å². The summed E-state index contributed by atoms with van der Waals surface area (Å²) in [4.78, 5) is 8.40. The van der Waals surface area contributed by atoms with Crippen LogP contribution in [0.3, 0.4) is 0 Å². The smallest absolute Gasteiger partial charge is 0.225 e. The van der Waals surface area contributed by atoms with Crippen molar-refractivity contribution in [1.29, 1.82) is 0 Å². The Hall–Kier alpha value is -0.840. The number of anilines is 2. The quantitative estimate of drug-likeness (QED) is 0.836. The third-order valence-corrected chi connectivity index (χ3v) is 4.00. The summed E-state index contributed by atoms with van der Waals surface area (Å²) in [5.74, 6) is 2.85. The highest BCUT2D eigenvalue weighted by atomic mass is 79.9. The first-order chi connectivity index (χ1) is 8.63. The van der Waals surface area contributed by atoms with E-state index in [1.165, 1.54) is 32.1 Å². The van der Waals surface area contributed by atoms with Crippen molar-refractivity contribution in [2.75, 3.05) is 17.6 Å². The van der Waals surface area contributed by atoms with Gasteiger partial charge in [0.1, 0.15) is 10.4 Å². The zero-order chi connectivity index (χ0) is 13.0. The molecule has 2 rings (SSSR count). The van der Waals surface area contributed by atoms with Crippen molar-refractivity contribution >= 4 is 27.7 Å². The predicted molar refractivity (Wildman–Crippen MR) is 78.4 cm³/mol. The fraction of sp³-hybridized carbons (Fsp3) is 0.692. The van der Waals surface area contributed by atoms with Crippen molar-refractivity contribution in [3.63, 3.8) is 0 Å². The van der Waals surface area contributed by atoms with Gasteiger partial charge in [-0.25, -0.2) is 4.98 Å². The molecule has 4 nitrogen and oxygen atoms in total. The topological polar surface area (TPSA) is 63.8 Å². The van der Waals surface area contributed by atoms with Crippen LogP contribution in [0, 0.1) is 11.8 Å². The highest BCUT2D eigenvalue weighted by Gasteiger charge is 2.18. The van der Waals surface area contributed by atoms with Crippen LogP contribution in [-0.4, -0.2) is 16.5 Å². The average Bonchev–Trinajstić information content (AvgIpc) is 2.27. The lowest BCUT2D eigenvalue weighted by Gasteiger charge is -2.26. The summed E-state index contributed by atoms with van der Waals surface area (Å²) >= 11 is 3.32. The molecule has 0 bridgehead atoms. The van der Waals surface area contributed by atoms with Crippen LogP contribution in [0.4, 0.5) is 11.8 Å². The molecule has 1 aromatic rings. The molecule has 0 aliphatic heterocycles. The monoisotopic (exact) mass is 312 g/mol. The molecule has 100 valence electrons. The van der Waals surface area contributed by atoms with Gasteiger partial charge in [-0.05, 0) is 40.6 Å². The first-order valence-corrected chi connectivity index (χ1v) is 7.46. The molecule has 1 aromatic heterocycles. The third kappa shape index (κ3) is 4.12. The number of aromatic nitrogens is 2. The Morgan fingerprint density at radius 3 is 3.00 bits per heavy atom. The first-order valence-electron chi connectivity index (χ1n) is 6.67. The van der Waals surface area contributed by atoms with E-state index in [0.29, 0.717) is 11.8 Å². The number of nitrogen functional groups attached to an aromatic ring is 1. The lowest BCUT2D eigenvalue weighted by atomic mass is 9.81. The van der Waals surface area contributed by atoms with E-state index in [9.17, 15) is 0 Å². The van der Waals surface area contributed by atoms with Gasteiger partial charge in [0.05, 0.1) is 0 Å². The summed E-state index contributed by atoms with van der Waals surface area (Å²) in [7, 11) is 0. The Bertz CT molecular complexity index is 376. The number of hydrogen-bond donors (Lipinski definition) is 2. The fourth-order valence-corrected chi connectivity index (χ4v) is 3.13. The molecule has 0 amide bonds. The van der Waals surface area contributed by atoms with Crippen molar-refractivity contribution in [2.24, 2.45) is 11.8 Å². The highest BCUT2D eigenvalue weighted by Crippen LogP contribution is 2.30. The Balaban J connectivity index is 1.77. The summed E-state index contributed by atoms with van der Waals surface area (Å²) in [5.41, 5.74) is 5.67. The van der Waals surface area contributed by atoms with Crippen LogP contribution in [0.25, 0.3) is 0 Å². The van der Waals surface area contributed by atoms with E-state index in [4.69, 9.17) is 5.73 Å². The molecular weight excluding hydrogens is 292 g/mol. The number of hydrogen-bond acceptors (Lipinski definition) is 4. The van der Waals surface area contributed by atoms with Crippen molar-refractivity contribution < 1.29 is 0 Å². The highest BCUT2D eigenvalue weighted by molar-refractivity contribution is 9.10. The van der Waals surface area contributed by atoms with Gasteiger partial charge in [0.25, 0.3) is 0 Å². The van der Waals surface area contributed by atoms with E-state index in [1.807, 2.05) is 0 Å². The normalized spacial score (nSPS) is 23.9. The van der Waals surface area contributed by atoms with E-state index in [2.05, 4.69) is 38.1 Å². The summed E-state index contributed by atoms with van der Waals surface area (Å²) < 4.78 is 0.726. The van der Waals surface area contributed by atoms with Crippen LogP contribution in [-0.2, 0) is 0 Å². The summed E-state index contributed by atoms with van der Waals surface area (Å²) in [6.45, 7) is 3.28. The molecule has 1 heterocycles. The second-order valence-corrected chi connectivity index (χ2v) is 6.10. The Morgan fingerprint density at radius 2 is 2.28 bits per heavy atom. The third-order valence-electron chi connectivity index (χ3n) is 3.60. The van der Waals surface area contributed by atoms with E-state index >= 15 is 0 Å². The van der Waals surface area contributed by atoms with Gasteiger partial charge < -0.3 is 11.1 Å². The average molecular weight is 313 g/mol. The maximum Gasteiger partial charge on any atom is 0.225 e. The molecule has 0 saturated heterocycles. The Kier molecular flexibility index (Phi) is 4.80. The van der Waals surface area contributed by atoms with Crippen LogP contribution in [0.2, 0.25) is 0 Å². The molecule has 1 aliphatic carbocycles. The zero-order valence-corrected chi connectivity index (χ0v) is 12.4. The molecule has 0 aromatic carbocycles. The minimum Gasteiger partial charge on any atom is -0.383 e. The summed E-state index contributed by atoms with van der Waals surface area (Å²) in [6, 6.07) is 1.70. The second kappa shape index (κ2) is 6.36. The van der Waals surface area contributed by atoms with Gasteiger partial charge in [0.15, 0.2) is 0 Å². The van der Waals surface area contributed by atoms with Crippen LogP contribution < -0.4 is 11.1 Å². The van der Waals surface area contributed by atoms with Crippen molar-refractivity contribution in [1.82, 2.24) is 9.97 Å². The van der Waals surface area contributed by atoms with Gasteiger partial charge in [-0.15, -0.1) is 0 Å². The van der Waals surface area contributed by atoms with Gasteiger partial charge in [0.2, 0.25) is 5.95 Å². The standard InChI is InChI=1S/C13H21BrN4/c1-9-3-2-4-10(7-9)5-6-16-13-17-11(14)8-12(15)18-13/h8-10H,2-7H2,1H3,(H3,15,16,17,18). The zero-order valence-electron chi connectivity index (χ0n) is 10.8. The van der Waals surface area contributed by atoms with Crippen LogP contribution >= 0.6 is 15.9 Å². The second-order valence-electron chi connectivity index (χ2n) is 5.29. The number of nitrogens with one attached hydrogen (secondary N) is 1. The van der Waals surface area contributed by atoms with Gasteiger partial charge >= 0.3 is 0 Å². The maximum absolute atomic E-state index is 5.67. The summed E-state index contributed by atoms with van der Waals surface area (Å²) in [6.07, 6.45) is 6.71. The first kappa shape index (κ1) is 13.6. The SMILES string of the molecule is CC1CCCC(CCNc2nc(N)cc(Br)n2)C1. The molecule has 2 atom stereocenters. The van der Waals surface area contributed by atoms with Gasteiger partial charge in [-0.2, -0.15) is 4.98 Å². The lowest BCUT2D eigenvalue weighted by molar-refractivity contribution is 0.274. The van der Waals surface area contributed by atoms with Gasteiger partial charge in [0, 0.05) is 12.6 Å². The van der Waals surface area contributed by atoms with Crippen LogP contribution in [0.1, 0.15) is 39.0 Å². The molecule has 2 unspecified atom stereocenters. The molecular formula is C13H21BrN4. The number of rotatable bonds is 4. The maximum atomic E-state index is 5.67. The molecule has 1 fully saturated rings. The molecule has 3 N–H and O–H groups in total. The molecule has 1 saturated carbocycles. The minimum atomic E-state index is 0.491. The lowest BCUT2D eigenvalue weighted by Crippen LogP contribution is -2.17. The Morgan fingerprint density at radius 1 is 1.44 bits per heavy atom. The van der Waals surface area contributed by atoms with Gasteiger partial charge in [-0.3, -0.25) is 0 Å². The molecule has 0 spiro atoms. The van der Waals surface area contributed by atoms with E-state index in [-0.39, 0.29) is 0 Å². The summed E-state index contributed by atoms with van der Waals surface area (Å²) in [5, 5.41) is 3.26. The van der Waals surface area contributed by atoms with Crippen molar-refractivity contribution in [3.05, 3.63) is 10.7 Å². The van der Waals surface area contributed by atoms with Crippen LogP contribution in [0.15, 0.2) is 10.7 Å². The number of halogens is 1. The van der Waals surface area contributed by atoms with Gasteiger partial charge in [-0.1, -0.05) is 26.2 Å². The molecule has 0 radical (unpaired) electrons. The van der Waals surface area contributed by atoms with E-state index < -0.39 is 0 Å². The van der Waals surface area contributed by atoms with Crippen molar-refractivity contribution in [2.45, 2.75) is 39.0 Å². The number of nitrogens with two attached hydrogens (primary N) is 1. The number of nitrogens with zero attached hydrogens (tertiary/aromatic N) is 2. The fourth-order valence-electron chi connectivity index (χ4n) is 2.72. The van der Waals surface area contributed by atoms with Crippen molar-refractivity contribution in [3.8, 4) is 0 Å². The molecule has 1 aliphatic rings.